The Morgan fingerprint density at radius 2 is 2.25 bits per heavy atom. The highest BCUT2D eigenvalue weighted by atomic mass is 16.4. The van der Waals surface area contributed by atoms with E-state index in [1.54, 1.807) is 6.07 Å². The van der Waals surface area contributed by atoms with Crippen molar-refractivity contribution < 1.29 is 20.1 Å². The summed E-state index contributed by atoms with van der Waals surface area (Å²) in [5, 5.41) is 29.7. The SMILES string of the molecule is C[C@@H](O)[C@@H](CO)Nc1cccc(C(=O)O)n1. The maximum atomic E-state index is 10.7. The highest BCUT2D eigenvalue weighted by molar-refractivity contribution is 5.85. The molecule has 1 aromatic rings. The fourth-order valence-electron chi connectivity index (χ4n) is 1.14. The molecule has 0 aliphatic carbocycles. The van der Waals surface area contributed by atoms with Gasteiger partial charge in [-0.2, -0.15) is 0 Å². The zero-order valence-corrected chi connectivity index (χ0v) is 8.79. The topological polar surface area (TPSA) is 103 Å². The van der Waals surface area contributed by atoms with Crippen LogP contribution >= 0.6 is 0 Å². The highest BCUT2D eigenvalue weighted by Gasteiger charge is 2.14. The van der Waals surface area contributed by atoms with E-state index in [2.05, 4.69) is 10.3 Å². The van der Waals surface area contributed by atoms with Crippen LogP contribution in [0, 0.1) is 0 Å². The van der Waals surface area contributed by atoms with Crippen molar-refractivity contribution in [3.63, 3.8) is 0 Å². The third kappa shape index (κ3) is 3.18. The monoisotopic (exact) mass is 226 g/mol. The molecule has 0 radical (unpaired) electrons. The molecule has 0 aromatic carbocycles. The molecular weight excluding hydrogens is 212 g/mol. The lowest BCUT2D eigenvalue weighted by Crippen LogP contribution is -2.35. The van der Waals surface area contributed by atoms with Gasteiger partial charge in [0.05, 0.1) is 18.8 Å². The van der Waals surface area contributed by atoms with Crippen molar-refractivity contribution in [3.8, 4) is 0 Å². The molecule has 1 heterocycles. The van der Waals surface area contributed by atoms with Gasteiger partial charge >= 0.3 is 5.97 Å². The first-order valence-corrected chi connectivity index (χ1v) is 4.80. The van der Waals surface area contributed by atoms with Crippen LogP contribution in [0.2, 0.25) is 0 Å². The van der Waals surface area contributed by atoms with Crippen LogP contribution in [0.15, 0.2) is 18.2 Å². The second-order valence-electron chi connectivity index (χ2n) is 3.39. The van der Waals surface area contributed by atoms with Crippen LogP contribution in [0.25, 0.3) is 0 Å². The zero-order chi connectivity index (χ0) is 12.1. The zero-order valence-electron chi connectivity index (χ0n) is 8.79. The van der Waals surface area contributed by atoms with Crippen LogP contribution in [0.4, 0.5) is 5.82 Å². The second kappa shape index (κ2) is 5.43. The number of nitrogens with zero attached hydrogens (tertiary/aromatic N) is 1. The van der Waals surface area contributed by atoms with Crippen LogP contribution in [0.1, 0.15) is 17.4 Å². The van der Waals surface area contributed by atoms with Gasteiger partial charge in [-0.05, 0) is 19.1 Å². The number of aromatic carboxylic acids is 1. The molecule has 6 heteroatoms. The Labute approximate surface area is 92.6 Å². The average Bonchev–Trinajstić information content (AvgIpc) is 2.25. The Morgan fingerprint density at radius 1 is 1.56 bits per heavy atom. The van der Waals surface area contributed by atoms with Crippen molar-refractivity contribution in [1.29, 1.82) is 0 Å². The minimum absolute atomic E-state index is 0.0905. The Kier molecular flexibility index (Phi) is 4.21. The van der Waals surface area contributed by atoms with Crippen LogP contribution < -0.4 is 5.32 Å². The summed E-state index contributed by atoms with van der Waals surface area (Å²) in [6.45, 7) is 1.26. The van der Waals surface area contributed by atoms with E-state index in [0.29, 0.717) is 5.82 Å². The van der Waals surface area contributed by atoms with Gasteiger partial charge in [0.15, 0.2) is 5.69 Å². The van der Waals surface area contributed by atoms with Crippen molar-refractivity contribution in [2.75, 3.05) is 11.9 Å². The number of anilines is 1. The highest BCUT2D eigenvalue weighted by Crippen LogP contribution is 2.08. The van der Waals surface area contributed by atoms with Crippen LogP contribution in [0.5, 0.6) is 0 Å². The van der Waals surface area contributed by atoms with Crippen LogP contribution in [-0.4, -0.2) is 45.0 Å². The number of aromatic nitrogens is 1. The first-order chi connectivity index (χ1) is 7.54. The number of carboxylic acid groups (broad SMARTS) is 1. The quantitative estimate of drug-likeness (QED) is 0.560. The molecular formula is C10H14N2O4. The van der Waals surface area contributed by atoms with Gasteiger partial charge < -0.3 is 20.6 Å². The van der Waals surface area contributed by atoms with E-state index in [9.17, 15) is 9.90 Å². The molecule has 6 nitrogen and oxygen atoms in total. The maximum absolute atomic E-state index is 10.7. The Bertz CT molecular complexity index is 368. The fourth-order valence-corrected chi connectivity index (χ4v) is 1.14. The number of carbonyl (C=O) groups is 1. The van der Waals surface area contributed by atoms with E-state index in [-0.39, 0.29) is 12.3 Å². The molecule has 0 fully saturated rings. The number of pyridine rings is 1. The molecule has 0 bridgehead atoms. The van der Waals surface area contributed by atoms with Gasteiger partial charge in [0.2, 0.25) is 0 Å². The van der Waals surface area contributed by atoms with E-state index >= 15 is 0 Å². The van der Waals surface area contributed by atoms with E-state index < -0.39 is 18.1 Å². The molecule has 0 aliphatic heterocycles. The summed E-state index contributed by atoms with van der Waals surface area (Å²) >= 11 is 0. The minimum atomic E-state index is -1.12. The Hall–Kier alpha value is -1.66. The third-order valence-electron chi connectivity index (χ3n) is 2.08. The van der Waals surface area contributed by atoms with Crippen molar-refractivity contribution in [3.05, 3.63) is 23.9 Å². The predicted octanol–water partition coefficient (Wildman–Crippen LogP) is -0.0666. The number of aliphatic hydroxyl groups is 2. The number of aliphatic hydroxyl groups excluding tert-OH is 2. The lowest BCUT2D eigenvalue weighted by molar-refractivity contribution is 0.0690. The lowest BCUT2D eigenvalue weighted by Gasteiger charge is -2.19. The molecule has 2 atom stereocenters. The molecule has 1 rings (SSSR count). The molecule has 0 aliphatic rings. The molecule has 0 unspecified atom stereocenters. The van der Waals surface area contributed by atoms with Gasteiger partial charge in [0.25, 0.3) is 0 Å². The Balaban J connectivity index is 2.80. The van der Waals surface area contributed by atoms with E-state index in [0.717, 1.165) is 0 Å². The smallest absolute Gasteiger partial charge is 0.354 e. The number of hydrogen-bond acceptors (Lipinski definition) is 5. The van der Waals surface area contributed by atoms with Gasteiger partial charge in [-0.3, -0.25) is 0 Å². The number of nitrogens with one attached hydrogen (secondary N) is 1. The summed E-state index contributed by atoms with van der Waals surface area (Å²) in [6.07, 6.45) is -0.764. The summed E-state index contributed by atoms with van der Waals surface area (Å²) in [4.78, 5) is 14.5. The van der Waals surface area contributed by atoms with Crippen molar-refractivity contribution in [1.82, 2.24) is 4.98 Å². The summed E-state index contributed by atoms with van der Waals surface area (Å²) in [5.74, 6) is -0.818. The van der Waals surface area contributed by atoms with Crippen molar-refractivity contribution in [2.45, 2.75) is 19.1 Å². The standard InChI is InChI=1S/C10H14N2O4/c1-6(14)8(5-13)12-9-4-2-3-7(11-9)10(15)16/h2-4,6,8,13-14H,5H2,1H3,(H,11,12)(H,15,16)/t6-,8-/m1/s1. The second-order valence-corrected chi connectivity index (χ2v) is 3.39. The van der Waals surface area contributed by atoms with Crippen LogP contribution in [-0.2, 0) is 0 Å². The van der Waals surface area contributed by atoms with Gasteiger partial charge in [-0.1, -0.05) is 6.07 Å². The summed E-state index contributed by atoms with van der Waals surface area (Å²) in [6, 6.07) is 3.90. The molecule has 0 spiro atoms. The molecule has 0 amide bonds. The van der Waals surface area contributed by atoms with Crippen molar-refractivity contribution >= 4 is 11.8 Å². The Morgan fingerprint density at radius 3 is 2.75 bits per heavy atom. The molecule has 0 saturated heterocycles. The number of carboxylic acids is 1. The summed E-state index contributed by atoms with van der Waals surface area (Å²) in [5.41, 5.74) is -0.0905. The fraction of sp³-hybridized carbons (Fsp3) is 0.400. The molecule has 1 aromatic heterocycles. The normalized spacial score (nSPS) is 14.2. The summed E-state index contributed by atoms with van der Waals surface area (Å²) in [7, 11) is 0. The van der Waals surface area contributed by atoms with E-state index in [1.165, 1.54) is 19.1 Å². The molecule has 16 heavy (non-hydrogen) atoms. The van der Waals surface area contributed by atoms with E-state index in [1.807, 2.05) is 0 Å². The number of rotatable bonds is 5. The van der Waals surface area contributed by atoms with Gasteiger partial charge in [0, 0.05) is 0 Å². The van der Waals surface area contributed by atoms with Gasteiger partial charge in [-0.25, -0.2) is 9.78 Å². The van der Waals surface area contributed by atoms with Gasteiger partial charge in [0.1, 0.15) is 5.82 Å². The first kappa shape index (κ1) is 12.4. The molecule has 4 N–H and O–H groups in total. The third-order valence-corrected chi connectivity index (χ3v) is 2.08. The average molecular weight is 226 g/mol. The predicted molar refractivity (Wildman–Crippen MR) is 57.4 cm³/mol. The van der Waals surface area contributed by atoms with Gasteiger partial charge in [-0.15, -0.1) is 0 Å². The first-order valence-electron chi connectivity index (χ1n) is 4.80. The summed E-state index contributed by atoms with van der Waals surface area (Å²) < 4.78 is 0. The number of hydrogen-bond donors (Lipinski definition) is 4. The minimum Gasteiger partial charge on any atom is -0.477 e. The largest absolute Gasteiger partial charge is 0.477 e. The molecule has 0 saturated carbocycles. The molecule has 88 valence electrons. The van der Waals surface area contributed by atoms with E-state index in [4.69, 9.17) is 10.2 Å². The van der Waals surface area contributed by atoms with Crippen molar-refractivity contribution in [2.24, 2.45) is 0 Å². The lowest BCUT2D eigenvalue weighted by atomic mass is 10.2. The maximum Gasteiger partial charge on any atom is 0.354 e. The van der Waals surface area contributed by atoms with Crippen LogP contribution in [0.3, 0.4) is 0 Å².